The average molecular weight is 354 g/mol. The number of rotatable bonds is 6. The summed E-state index contributed by atoms with van der Waals surface area (Å²) in [6.45, 7) is 6.70. The molecule has 24 heavy (non-hydrogen) atoms. The second-order valence-corrected chi connectivity index (χ2v) is 7.83. The molecule has 0 aliphatic carbocycles. The van der Waals surface area contributed by atoms with Crippen molar-refractivity contribution in [3.05, 3.63) is 35.4 Å². The van der Waals surface area contributed by atoms with Gasteiger partial charge in [-0.25, -0.2) is 18.1 Å². The Morgan fingerprint density at radius 3 is 2.54 bits per heavy atom. The number of benzene rings is 1. The normalized spacial score (nSPS) is 16.6. The van der Waals surface area contributed by atoms with Crippen molar-refractivity contribution >= 4 is 16.0 Å². The van der Waals surface area contributed by atoms with Crippen LogP contribution < -0.4 is 10.5 Å². The van der Waals surface area contributed by atoms with Gasteiger partial charge in [0.2, 0.25) is 10.0 Å². The fourth-order valence-corrected chi connectivity index (χ4v) is 4.01. The average Bonchev–Trinajstić information content (AvgIpc) is 2.53. The van der Waals surface area contributed by atoms with Crippen molar-refractivity contribution in [3.8, 4) is 0 Å². The van der Waals surface area contributed by atoms with Crippen LogP contribution in [0.1, 0.15) is 25.0 Å². The van der Waals surface area contributed by atoms with E-state index in [0.717, 1.165) is 24.2 Å². The minimum absolute atomic E-state index is 0.0612. The van der Waals surface area contributed by atoms with Gasteiger partial charge in [0.05, 0.1) is 25.5 Å². The largest absolute Gasteiger partial charge is 0.378 e. The SMILES string of the molecule is CC(C)NS(=O)(=O)Cc1ccccc1CN=C(N)N1CCOCC1. The molecule has 134 valence electrons. The first-order valence-electron chi connectivity index (χ1n) is 8.07. The number of nitrogens with two attached hydrogens (primary N) is 1. The van der Waals surface area contributed by atoms with Crippen molar-refractivity contribution in [1.82, 2.24) is 9.62 Å². The third-order valence-electron chi connectivity index (χ3n) is 3.63. The zero-order valence-corrected chi connectivity index (χ0v) is 15.1. The van der Waals surface area contributed by atoms with E-state index >= 15 is 0 Å². The first-order chi connectivity index (χ1) is 11.4. The number of nitrogens with zero attached hydrogens (tertiary/aromatic N) is 2. The Hall–Kier alpha value is -1.64. The third-order valence-corrected chi connectivity index (χ3v) is 5.15. The van der Waals surface area contributed by atoms with E-state index in [1.165, 1.54) is 0 Å². The molecule has 0 unspecified atom stereocenters. The lowest BCUT2D eigenvalue weighted by atomic mass is 10.1. The molecule has 0 spiro atoms. The van der Waals surface area contributed by atoms with Crippen molar-refractivity contribution in [3.63, 3.8) is 0 Å². The minimum atomic E-state index is -3.37. The van der Waals surface area contributed by atoms with Crippen LogP contribution in [-0.2, 0) is 27.1 Å². The predicted octanol–water partition coefficient (Wildman–Crippen LogP) is 0.661. The molecule has 0 atom stereocenters. The molecular weight excluding hydrogens is 328 g/mol. The van der Waals surface area contributed by atoms with Crippen LogP contribution in [0.2, 0.25) is 0 Å². The maximum absolute atomic E-state index is 12.2. The van der Waals surface area contributed by atoms with Gasteiger partial charge in [-0.3, -0.25) is 0 Å². The predicted molar refractivity (Wildman–Crippen MR) is 95.1 cm³/mol. The summed E-state index contributed by atoms with van der Waals surface area (Å²) < 4.78 is 32.2. The summed E-state index contributed by atoms with van der Waals surface area (Å²) >= 11 is 0. The lowest BCUT2D eigenvalue weighted by Gasteiger charge is -2.27. The van der Waals surface area contributed by atoms with Gasteiger partial charge in [0, 0.05) is 19.1 Å². The lowest BCUT2D eigenvalue weighted by Crippen LogP contribution is -2.44. The molecule has 1 fully saturated rings. The monoisotopic (exact) mass is 354 g/mol. The molecule has 0 saturated carbocycles. The number of nitrogens with one attached hydrogen (secondary N) is 1. The van der Waals surface area contributed by atoms with Crippen molar-refractivity contribution < 1.29 is 13.2 Å². The molecule has 1 aromatic carbocycles. The summed E-state index contributed by atoms with van der Waals surface area (Å²) in [5.74, 6) is 0.408. The van der Waals surface area contributed by atoms with Crippen molar-refractivity contribution in [1.29, 1.82) is 0 Å². The van der Waals surface area contributed by atoms with Crippen LogP contribution in [0.15, 0.2) is 29.3 Å². The van der Waals surface area contributed by atoms with E-state index in [1.54, 1.807) is 13.8 Å². The summed E-state index contributed by atoms with van der Waals surface area (Å²) in [7, 11) is -3.37. The topological polar surface area (TPSA) is 97.0 Å². The van der Waals surface area contributed by atoms with Gasteiger partial charge in [0.15, 0.2) is 5.96 Å². The first-order valence-corrected chi connectivity index (χ1v) is 9.72. The highest BCUT2D eigenvalue weighted by molar-refractivity contribution is 7.88. The van der Waals surface area contributed by atoms with Crippen LogP contribution >= 0.6 is 0 Å². The fourth-order valence-electron chi connectivity index (χ4n) is 2.52. The fraction of sp³-hybridized carbons (Fsp3) is 0.562. The molecular formula is C16H26N4O3S. The molecule has 1 aromatic rings. The van der Waals surface area contributed by atoms with Gasteiger partial charge in [-0.15, -0.1) is 0 Å². The van der Waals surface area contributed by atoms with Crippen molar-refractivity contribution in [2.75, 3.05) is 26.3 Å². The number of morpholine rings is 1. The highest BCUT2D eigenvalue weighted by Gasteiger charge is 2.16. The maximum atomic E-state index is 12.2. The molecule has 0 radical (unpaired) electrons. The molecule has 1 heterocycles. The highest BCUT2D eigenvalue weighted by Crippen LogP contribution is 2.14. The molecule has 1 saturated heterocycles. The van der Waals surface area contributed by atoms with E-state index in [0.29, 0.717) is 25.7 Å². The molecule has 2 rings (SSSR count). The van der Waals surface area contributed by atoms with Crippen LogP contribution in [0.3, 0.4) is 0 Å². The number of sulfonamides is 1. The Morgan fingerprint density at radius 2 is 1.92 bits per heavy atom. The van der Waals surface area contributed by atoms with Crippen LogP contribution in [-0.4, -0.2) is 51.6 Å². The Kier molecular flexibility index (Phi) is 6.59. The van der Waals surface area contributed by atoms with Gasteiger partial charge in [-0.05, 0) is 25.0 Å². The molecule has 1 aliphatic heterocycles. The van der Waals surface area contributed by atoms with Gasteiger partial charge >= 0.3 is 0 Å². The molecule has 0 aromatic heterocycles. The van der Waals surface area contributed by atoms with Gasteiger partial charge in [0.25, 0.3) is 0 Å². The second-order valence-electron chi connectivity index (χ2n) is 6.07. The molecule has 3 N–H and O–H groups in total. The van der Waals surface area contributed by atoms with E-state index in [-0.39, 0.29) is 11.8 Å². The van der Waals surface area contributed by atoms with Gasteiger partial charge in [-0.1, -0.05) is 24.3 Å². The highest BCUT2D eigenvalue weighted by atomic mass is 32.2. The Bertz CT molecular complexity index is 668. The van der Waals surface area contributed by atoms with Gasteiger partial charge in [-0.2, -0.15) is 0 Å². The van der Waals surface area contributed by atoms with Crippen LogP contribution in [0.4, 0.5) is 0 Å². The van der Waals surface area contributed by atoms with Crippen LogP contribution in [0.5, 0.6) is 0 Å². The third kappa shape index (κ3) is 5.77. The molecule has 0 bridgehead atoms. The smallest absolute Gasteiger partial charge is 0.216 e. The zero-order chi connectivity index (χ0) is 17.6. The van der Waals surface area contributed by atoms with E-state index in [2.05, 4.69) is 9.71 Å². The summed E-state index contributed by atoms with van der Waals surface area (Å²) in [6, 6.07) is 7.28. The van der Waals surface area contributed by atoms with Gasteiger partial charge in [0.1, 0.15) is 0 Å². The van der Waals surface area contributed by atoms with E-state index < -0.39 is 10.0 Å². The number of guanidine groups is 1. The summed E-state index contributed by atoms with van der Waals surface area (Å²) in [5, 5.41) is 0. The summed E-state index contributed by atoms with van der Waals surface area (Å²) in [4.78, 5) is 6.39. The van der Waals surface area contributed by atoms with Crippen LogP contribution in [0, 0.1) is 0 Å². The second kappa shape index (κ2) is 8.46. The number of hydrogen-bond acceptors (Lipinski definition) is 4. The molecule has 8 heteroatoms. The van der Waals surface area contributed by atoms with Gasteiger partial charge < -0.3 is 15.4 Å². The zero-order valence-electron chi connectivity index (χ0n) is 14.2. The molecule has 7 nitrogen and oxygen atoms in total. The lowest BCUT2D eigenvalue weighted by molar-refractivity contribution is 0.0674. The number of hydrogen-bond donors (Lipinski definition) is 2. The number of aliphatic imine (C=N–C) groups is 1. The summed E-state index contributed by atoms with van der Waals surface area (Å²) in [5.41, 5.74) is 7.63. The van der Waals surface area contributed by atoms with Crippen LogP contribution in [0.25, 0.3) is 0 Å². The van der Waals surface area contributed by atoms with Crippen molar-refractivity contribution in [2.24, 2.45) is 10.7 Å². The Balaban J connectivity index is 2.08. The molecule has 0 amide bonds. The van der Waals surface area contributed by atoms with E-state index in [9.17, 15) is 8.42 Å². The standard InChI is InChI=1S/C16H26N4O3S/c1-13(2)19-24(21,22)12-15-6-4-3-5-14(15)11-18-16(17)20-7-9-23-10-8-20/h3-6,13,19H,7-12H2,1-2H3,(H2,17,18). The van der Waals surface area contributed by atoms with E-state index in [1.807, 2.05) is 29.2 Å². The first kappa shape index (κ1) is 18.7. The molecule has 1 aliphatic rings. The Morgan fingerprint density at radius 1 is 1.29 bits per heavy atom. The quantitative estimate of drug-likeness (QED) is 0.578. The maximum Gasteiger partial charge on any atom is 0.216 e. The summed E-state index contributed by atoms with van der Waals surface area (Å²) in [6.07, 6.45) is 0. The van der Waals surface area contributed by atoms with E-state index in [4.69, 9.17) is 10.5 Å². The van der Waals surface area contributed by atoms with Crippen molar-refractivity contribution in [2.45, 2.75) is 32.2 Å². The minimum Gasteiger partial charge on any atom is -0.378 e. The number of ether oxygens (including phenoxy) is 1. The Labute approximate surface area is 143 Å².